The molecule has 0 bridgehead atoms. The van der Waals surface area contributed by atoms with Crippen LogP contribution in [0.5, 0.6) is 0 Å². The van der Waals surface area contributed by atoms with Crippen LogP contribution in [0.25, 0.3) is 43.6 Å². The highest BCUT2D eigenvalue weighted by Gasteiger charge is 2.15. The van der Waals surface area contributed by atoms with Crippen LogP contribution < -0.4 is 9.06 Å². The van der Waals surface area contributed by atoms with Gasteiger partial charge < -0.3 is 0 Å². The van der Waals surface area contributed by atoms with Gasteiger partial charge in [-0.15, -0.1) is 22.7 Å². The van der Waals surface area contributed by atoms with Crippen molar-refractivity contribution in [3.8, 4) is 34.7 Å². The Morgan fingerprint density at radius 3 is 1.72 bits per heavy atom. The van der Waals surface area contributed by atoms with E-state index in [2.05, 4.69) is 19.7 Å². The largest absolute Gasteiger partial charge is 0.536 e. The third kappa shape index (κ3) is 3.76. The molecule has 0 fully saturated rings. The first kappa shape index (κ1) is 20.7. The summed E-state index contributed by atoms with van der Waals surface area (Å²) in [5, 5.41) is 18.8. The maximum absolute atomic E-state index is 9.40. The second-order valence-corrected chi connectivity index (χ2v) is 8.39. The van der Waals surface area contributed by atoms with Gasteiger partial charge in [-0.3, -0.25) is 9.97 Å². The number of hydrogen-bond acceptors (Lipinski definition) is 6. The van der Waals surface area contributed by atoms with Crippen molar-refractivity contribution in [2.75, 3.05) is 0 Å². The average molecular weight is 447 g/mol. The molecule has 4 aromatic rings. The lowest BCUT2D eigenvalue weighted by Crippen LogP contribution is -1.95. The van der Waals surface area contributed by atoms with Crippen molar-refractivity contribution in [3.63, 3.8) is 0 Å². The SMILES string of the molecule is [C-]#[N+]C([N+]#[C-])=c1cc(-c2ccccn2)/c(=c2\sc(=C(C#N)C#N)cc2-c2ccccn2)s1. The molecule has 0 aliphatic rings. The lowest BCUT2D eigenvalue weighted by molar-refractivity contribution is 1.32. The van der Waals surface area contributed by atoms with Gasteiger partial charge in [0.25, 0.3) is 0 Å². The molecule has 8 heteroatoms. The van der Waals surface area contributed by atoms with Crippen LogP contribution in [0.2, 0.25) is 0 Å². The first-order valence-electron chi connectivity index (χ1n) is 9.10. The first-order chi connectivity index (χ1) is 15.7. The maximum atomic E-state index is 9.40. The van der Waals surface area contributed by atoms with Crippen molar-refractivity contribution in [1.82, 2.24) is 9.97 Å². The van der Waals surface area contributed by atoms with Gasteiger partial charge in [-0.25, -0.2) is 0 Å². The van der Waals surface area contributed by atoms with E-state index in [1.54, 1.807) is 24.5 Å². The molecule has 0 N–H and O–H groups in total. The molecule has 4 aromatic heterocycles. The van der Waals surface area contributed by atoms with E-state index >= 15 is 0 Å². The predicted octanol–water partition coefficient (Wildman–Crippen LogP) is 4.32. The second-order valence-electron chi connectivity index (χ2n) is 6.28. The van der Waals surface area contributed by atoms with Crippen molar-refractivity contribution >= 4 is 34.1 Å². The van der Waals surface area contributed by atoms with Crippen molar-refractivity contribution < 1.29 is 0 Å². The molecular weight excluding hydrogens is 436 g/mol. The maximum Gasteiger partial charge on any atom is 0.536 e. The summed E-state index contributed by atoms with van der Waals surface area (Å²) in [6.07, 6.45) is 3.36. The van der Waals surface area contributed by atoms with Gasteiger partial charge >= 0.3 is 5.82 Å². The Hall–Kier alpha value is -4.60. The number of nitriles is 2. The van der Waals surface area contributed by atoms with E-state index in [-0.39, 0.29) is 11.4 Å². The van der Waals surface area contributed by atoms with Gasteiger partial charge in [0.2, 0.25) is 0 Å². The van der Waals surface area contributed by atoms with Crippen molar-refractivity contribution in [3.05, 3.63) is 102 Å². The molecule has 0 aliphatic carbocycles. The molecule has 0 spiro atoms. The standard InChI is InChI=1S/C24H10N6S2/c1-27-24(28-2)21-12-17(19-8-4-6-10-30-19)23(32-21)22-16(18-7-3-5-9-29-18)11-20(31-22)15(13-25)14-26/h3-12H/b23-22+. The lowest BCUT2D eigenvalue weighted by atomic mass is 10.1. The Kier molecular flexibility index (Phi) is 5.84. The monoisotopic (exact) mass is 446 g/mol. The quantitative estimate of drug-likeness (QED) is 0.429. The zero-order valence-corrected chi connectivity index (χ0v) is 17.9. The summed E-state index contributed by atoms with van der Waals surface area (Å²) in [6, 6.07) is 18.6. The van der Waals surface area contributed by atoms with Gasteiger partial charge in [-0.05, 0) is 36.4 Å². The fraction of sp³-hybridized carbons (Fsp3) is 0. The third-order valence-electron chi connectivity index (χ3n) is 4.45. The average Bonchev–Trinajstić information content (AvgIpc) is 3.47. The molecule has 0 unspecified atom stereocenters. The van der Waals surface area contributed by atoms with Gasteiger partial charge in [0.15, 0.2) is 0 Å². The molecule has 0 radical (unpaired) electrons. The van der Waals surface area contributed by atoms with E-state index in [0.717, 1.165) is 20.2 Å². The minimum atomic E-state index is -0.0177. The summed E-state index contributed by atoms with van der Waals surface area (Å²) >= 11 is 2.63. The highest BCUT2D eigenvalue weighted by atomic mass is 32.1. The molecule has 6 nitrogen and oxygen atoms in total. The predicted molar refractivity (Wildman–Crippen MR) is 123 cm³/mol. The Morgan fingerprint density at radius 2 is 1.28 bits per heavy atom. The summed E-state index contributed by atoms with van der Waals surface area (Å²) in [4.78, 5) is 15.6. The van der Waals surface area contributed by atoms with E-state index in [1.165, 1.54) is 22.7 Å². The molecule has 0 aliphatic heterocycles. The Morgan fingerprint density at radius 1 is 0.781 bits per heavy atom. The molecule has 0 atom stereocenters. The summed E-state index contributed by atoms with van der Waals surface area (Å²) in [7, 11) is 0. The van der Waals surface area contributed by atoms with Crippen LogP contribution in [0.15, 0.2) is 60.9 Å². The smallest absolute Gasteiger partial charge is 0.256 e. The van der Waals surface area contributed by atoms with Crippen molar-refractivity contribution in [1.29, 1.82) is 10.5 Å². The van der Waals surface area contributed by atoms with Crippen LogP contribution in [0.3, 0.4) is 0 Å². The molecule has 148 valence electrons. The molecule has 0 saturated heterocycles. The summed E-state index contributed by atoms with van der Waals surface area (Å²) < 4.78 is 2.67. The summed E-state index contributed by atoms with van der Waals surface area (Å²) in [5.41, 5.74) is 2.96. The first-order valence-corrected chi connectivity index (χ1v) is 10.7. The van der Waals surface area contributed by atoms with Crippen LogP contribution in [-0.2, 0) is 0 Å². The van der Waals surface area contributed by atoms with E-state index in [4.69, 9.17) is 13.1 Å². The molecule has 4 rings (SSSR count). The van der Waals surface area contributed by atoms with Gasteiger partial charge in [0.1, 0.15) is 35.4 Å². The van der Waals surface area contributed by atoms with Gasteiger partial charge in [0.05, 0.1) is 25.0 Å². The highest BCUT2D eigenvalue weighted by Crippen LogP contribution is 2.27. The van der Waals surface area contributed by atoms with Crippen molar-refractivity contribution in [2.24, 2.45) is 0 Å². The zero-order chi connectivity index (χ0) is 22.5. The Bertz CT molecular complexity index is 1540. The minimum absolute atomic E-state index is 0.0177. The van der Waals surface area contributed by atoms with Crippen LogP contribution in [0, 0.1) is 44.9 Å². The highest BCUT2D eigenvalue weighted by molar-refractivity contribution is 7.12. The van der Waals surface area contributed by atoms with Crippen LogP contribution in [-0.4, -0.2) is 9.97 Å². The number of thiophene rings is 2. The summed E-state index contributed by atoms with van der Waals surface area (Å²) in [5.74, 6) is -0.0177. The number of aromatic nitrogens is 2. The number of rotatable bonds is 2. The fourth-order valence-corrected chi connectivity index (χ4v) is 5.42. The minimum Gasteiger partial charge on any atom is -0.256 e. The molecule has 0 amide bonds. The van der Waals surface area contributed by atoms with E-state index in [1.807, 2.05) is 48.5 Å². The van der Waals surface area contributed by atoms with Gasteiger partial charge in [-0.2, -0.15) is 20.2 Å². The molecular formula is C24H10N6S2. The van der Waals surface area contributed by atoms with Crippen LogP contribution in [0.4, 0.5) is 0 Å². The molecule has 32 heavy (non-hydrogen) atoms. The van der Waals surface area contributed by atoms with Gasteiger partial charge in [-0.1, -0.05) is 12.1 Å². The molecule has 4 heterocycles. The van der Waals surface area contributed by atoms with Crippen LogP contribution >= 0.6 is 22.7 Å². The van der Waals surface area contributed by atoms with Crippen LogP contribution in [0.1, 0.15) is 0 Å². The van der Waals surface area contributed by atoms with E-state index < -0.39 is 0 Å². The zero-order valence-electron chi connectivity index (χ0n) is 16.3. The number of hydrogen-bond donors (Lipinski definition) is 0. The van der Waals surface area contributed by atoms with E-state index in [0.29, 0.717) is 20.5 Å². The number of nitrogens with zero attached hydrogens (tertiary/aromatic N) is 6. The third-order valence-corrected chi connectivity index (χ3v) is 6.90. The van der Waals surface area contributed by atoms with E-state index in [9.17, 15) is 10.5 Å². The second kappa shape index (κ2) is 9.04. The summed E-state index contributed by atoms with van der Waals surface area (Å²) in [6.45, 7) is 14.7. The van der Waals surface area contributed by atoms with Gasteiger partial charge in [0, 0.05) is 23.5 Å². The fourth-order valence-electron chi connectivity index (χ4n) is 3.05. The van der Waals surface area contributed by atoms with Crippen molar-refractivity contribution in [2.45, 2.75) is 0 Å². The Balaban J connectivity index is 2.30. The topological polar surface area (TPSA) is 82.1 Å². The molecule has 0 aromatic carbocycles. The number of pyridine rings is 2. The Labute approximate surface area is 190 Å². The lowest BCUT2D eigenvalue weighted by Gasteiger charge is -1.98. The molecule has 0 saturated carbocycles. The normalized spacial score (nSPS) is 10.9.